The fourth-order valence-corrected chi connectivity index (χ4v) is 2.78. The molecule has 0 spiro atoms. The van der Waals surface area contributed by atoms with Gasteiger partial charge in [0.25, 0.3) is 0 Å². The summed E-state index contributed by atoms with van der Waals surface area (Å²) in [5.74, 6) is 0.751. The molecular formula is C24H31N2O6+. The van der Waals surface area contributed by atoms with Gasteiger partial charge in [0.1, 0.15) is 18.1 Å². The van der Waals surface area contributed by atoms with Crippen molar-refractivity contribution in [3.8, 4) is 11.5 Å². The van der Waals surface area contributed by atoms with E-state index in [0.29, 0.717) is 75.4 Å². The number of hydrogen-bond donors (Lipinski definition) is 0. The van der Waals surface area contributed by atoms with Gasteiger partial charge in [0.15, 0.2) is 4.98 Å². The van der Waals surface area contributed by atoms with Crippen LogP contribution in [0.4, 0.5) is 5.69 Å². The lowest BCUT2D eigenvalue weighted by atomic mass is 10.1. The number of carbonyl (C=O) groups excluding carboxylic acids is 1. The summed E-state index contributed by atoms with van der Waals surface area (Å²) in [6.45, 7) is 7.49. The standard InChI is InChI=1S/C24H31N2O6/c1-3-28-12-13-29-14-15-30-16-17-31-22-9-10-23(26-25)20(18-22)6-11-24(27)32-21-7-4-19(2)5-8-21/h4-5,7-10,18H,3,6,11-17H2,1-2H3/q+1. The third-order valence-electron chi connectivity index (χ3n) is 4.45. The maximum atomic E-state index is 12.1. The Balaban J connectivity index is 1.71. The van der Waals surface area contributed by atoms with Crippen LogP contribution >= 0.6 is 0 Å². The number of esters is 1. The molecule has 0 heterocycles. The molecule has 0 saturated heterocycles. The second kappa shape index (κ2) is 14.9. The van der Waals surface area contributed by atoms with Crippen LogP contribution in [-0.4, -0.2) is 52.2 Å². The minimum atomic E-state index is -0.360. The number of diazo groups is 1. The van der Waals surface area contributed by atoms with Gasteiger partial charge in [0.2, 0.25) is 5.39 Å². The molecule has 2 rings (SSSR count). The summed E-state index contributed by atoms with van der Waals surface area (Å²) < 4.78 is 27.0. The van der Waals surface area contributed by atoms with Crippen LogP contribution in [0.2, 0.25) is 0 Å². The first kappa shape index (κ1) is 25.3. The van der Waals surface area contributed by atoms with Crippen LogP contribution in [0.5, 0.6) is 11.5 Å². The number of benzene rings is 2. The van der Waals surface area contributed by atoms with Crippen LogP contribution in [-0.2, 0) is 25.4 Å². The summed E-state index contributed by atoms with van der Waals surface area (Å²) in [5.41, 5.74) is 2.17. The molecule has 0 saturated carbocycles. The Morgan fingerprint density at radius 3 is 2.16 bits per heavy atom. The van der Waals surface area contributed by atoms with Crippen molar-refractivity contribution in [1.29, 1.82) is 5.39 Å². The average Bonchev–Trinajstić information content (AvgIpc) is 2.80. The van der Waals surface area contributed by atoms with Crippen molar-refractivity contribution in [3.05, 3.63) is 58.6 Å². The van der Waals surface area contributed by atoms with E-state index < -0.39 is 0 Å². The molecule has 0 aliphatic carbocycles. The summed E-state index contributed by atoms with van der Waals surface area (Å²) in [6.07, 6.45) is 0.503. The second-order valence-corrected chi connectivity index (χ2v) is 6.95. The Morgan fingerprint density at radius 2 is 1.50 bits per heavy atom. The van der Waals surface area contributed by atoms with Crippen molar-refractivity contribution in [2.24, 2.45) is 0 Å². The largest absolute Gasteiger partial charge is 0.491 e. The van der Waals surface area contributed by atoms with E-state index in [4.69, 9.17) is 23.7 Å². The van der Waals surface area contributed by atoms with Crippen LogP contribution in [0.25, 0.3) is 4.98 Å². The van der Waals surface area contributed by atoms with Gasteiger partial charge >= 0.3 is 11.7 Å². The third kappa shape index (κ3) is 9.88. The van der Waals surface area contributed by atoms with E-state index >= 15 is 0 Å². The van der Waals surface area contributed by atoms with E-state index in [1.54, 1.807) is 30.3 Å². The van der Waals surface area contributed by atoms with Crippen molar-refractivity contribution in [1.82, 2.24) is 0 Å². The summed E-state index contributed by atoms with van der Waals surface area (Å²) in [4.78, 5) is 15.4. The zero-order valence-electron chi connectivity index (χ0n) is 18.7. The molecule has 0 aliphatic rings. The fourth-order valence-electron chi connectivity index (χ4n) is 2.78. The lowest BCUT2D eigenvalue weighted by molar-refractivity contribution is -0.134. The maximum Gasteiger partial charge on any atom is 0.388 e. The third-order valence-corrected chi connectivity index (χ3v) is 4.45. The molecule has 8 nitrogen and oxygen atoms in total. The number of ether oxygens (including phenoxy) is 5. The molecule has 0 radical (unpaired) electrons. The molecule has 0 aliphatic heterocycles. The lowest BCUT2D eigenvalue weighted by Gasteiger charge is -2.09. The zero-order chi connectivity index (χ0) is 23.0. The second-order valence-electron chi connectivity index (χ2n) is 6.95. The highest BCUT2D eigenvalue weighted by molar-refractivity contribution is 5.73. The van der Waals surface area contributed by atoms with Gasteiger partial charge in [-0.05, 0) is 44.5 Å². The van der Waals surface area contributed by atoms with Crippen molar-refractivity contribution in [2.45, 2.75) is 26.7 Å². The first-order valence-corrected chi connectivity index (χ1v) is 10.7. The number of hydrogen-bond acceptors (Lipinski definition) is 7. The molecule has 0 atom stereocenters. The lowest BCUT2D eigenvalue weighted by Crippen LogP contribution is -2.12. The fraction of sp³-hybridized carbons (Fsp3) is 0.458. The average molecular weight is 444 g/mol. The first-order valence-electron chi connectivity index (χ1n) is 10.7. The van der Waals surface area contributed by atoms with Crippen LogP contribution < -0.4 is 9.47 Å². The SMILES string of the molecule is CCOCCOCCOCCOc1ccc([N+]#N)c(CCC(=O)Oc2ccc(C)cc2)c1. The highest BCUT2D eigenvalue weighted by atomic mass is 16.6. The Hall–Kier alpha value is -2.99. The highest BCUT2D eigenvalue weighted by Gasteiger charge is 2.17. The summed E-state index contributed by atoms with van der Waals surface area (Å²) >= 11 is 0. The first-order chi connectivity index (χ1) is 15.6. The van der Waals surface area contributed by atoms with E-state index in [0.717, 1.165) is 5.56 Å². The van der Waals surface area contributed by atoms with Gasteiger partial charge in [-0.15, -0.1) is 0 Å². The smallest absolute Gasteiger partial charge is 0.388 e. The van der Waals surface area contributed by atoms with E-state index in [-0.39, 0.29) is 12.4 Å². The molecule has 0 N–H and O–H groups in total. The van der Waals surface area contributed by atoms with Gasteiger partial charge in [-0.1, -0.05) is 17.7 Å². The van der Waals surface area contributed by atoms with E-state index in [9.17, 15) is 10.2 Å². The summed E-state index contributed by atoms with van der Waals surface area (Å²) in [6, 6.07) is 12.4. The predicted molar refractivity (Wildman–Crippen MR) is 120 cm³/mol. The van der Waals surface area contributed by atoms with Crippen molar-refractivity contribution in [3.63, 3.8) is 0 Å². The highest BCUT2D eigenvalue weighted by Crippen LogP contribution is 2.26. The number of carbonyl (C=O) groups is 1. The maximum absolute atomic E-state index is 12.1. The van der Waals surface area contributed by atoms with Gasteiger partial charge in [-0.2, -0.15) is 0 Å². The molecule has 0 bridgehead atoms. The van der Waals surface area contributed by atoms with Gasteiger partial charge in [0, 0.05) is 12.7 Å². The Labute approximate surface area is 189 Å². The molecule has 0 unspecified atom stereocenters. The van der Waals surface area contributed by atoms with Crippen molar-refractivity contribution in [2.75, 3.05) is 46.2 Å². The quantitative estimate of drug-likeness (QED) is 0.174. The Kier molecular flexibility index (Phi) is 11.8. The minimum absolute atomic E-state index is 0.145. The van der Waals surface area contributed by atoms with Crippen molar-refractivity contribution < 1.29 is 28.5 Å². The van der Waals surface area contributed by atoms with Crippen LogP contribution in [0.3, 0.4) is 0 Å². The summed E-state index contributed by atoms with van der Waals surface area (Å²) in [7, 11) is 0. The molecular weight excluding hydrogens is 412 g/mol. The molecule has 8 heteroatoms. The monoisotopic (exact) mass is 443 g/mol. The van der Waals surface area contributed by atoms with E-state index in [1.807, 2.05) is 26.0 Å². The molecule has 0 fully saturated rings. The number of nitrogens with zero attached hydrogens (tertiary/aromatic N) is 2. The molecule has 172 valence electrons. The van der Waals surface area contributed by atoms with Crippen LogP contribution in [0.1, 0.15) is 24.5 Å². The molecule has 2 aromatic rings. The molecule has 32 heavy (non-hydrogen) atoms. The van der Waals surface area contributed by atoms with Crippen LogP contribution in [0.15, 0.2) is 42.5 Å². The zero-order valence-corrected chi connectivity index (χ0v) is 18.7. The molecule has 0 amide bonds. The minimum Gasteiger partial charge on any atom is -0.491 e. The molecule has 2 aromatic carbocycles. The van der Waals surface area contributed by atoms with Crippen molar-refractivity contribution >= 4 is 11.7 Å². The Bertz CT molecular complexity index is 864. The van der Waals surface area contributed by atoms with Gasteiger partial charge in [-0.3, -0.25) is 4.79 Å². The normalized spacial score (nSPS) is 10.5. The van der Waals surface area contributed by atoms with Gasteiger partial charge in [0.05, 0.1) is 45.0 Å². The topological polar surface area (TPSA) is 91.4 Å². The number of aryl methyl sites for hydroxylation is 2. The van der Waals surface area contributed by atoms with E-state index in [2.05, 4.69) is 4.98 Å². The summed E-state index contributed by atoms with van der Waals surface area (Å²) in [5, 5.41) is 9.23. The molecule has 0 aromatic heterocycles. The Morgan fingerprint density at radius 1 is 0.875 bits per heavy atom. The van der Waals surface area contributed by atoms with Gasteiger partial charge < -0.3 is 23.7 Å². The predicted octanol–water partition coefficient (Wildman–Crippen LogP) is 4.47. The van der Waals surface area contributed by atoms with Gasteiger partial charge in [-0.25, -0.2) is 0 Å². The van der Waals surface area contributed by atoms with Crippen LogP contribution in [0, 0.1) is 12.3 Å². The number of rotatable bonds is 15. The van der Waals surface area contributed by atoms with E-state index in [1.165, 1.54) is 0 Å².